The number of methoxy groups -OCH3 is 1. The van der Waals surface area contributed by atoms with Gasteiger partial charge in [0.25, 0.3) is 0 Å². The third-order valence-corrected chi connectivity index (χ3v) is 3.88. The molecule has 0 fully saturated rings. The Morgan fingerprint density at radius 2 is 2.18 bits per heavy atom. The summed E-state index contributed by atoms with van der Waals surface area (Å²) in [6.45, 7) is 3.14. The summed E-state index contributed by atoms with van der Waals surface area (Å²) in [7, 11) is 3.33. The van der Waals surface area contributed by atoms with E-state index in [4.69, 9.17) is 13.9 Å². The van der Waals surface area contributed by atoms with E-state index in [2.05, 4.69) is 30.8 Å². The summed E-state index contributed by atoms with van der Waals surface area (Å²) >= 11 is 0. The van der Waals surface area contributed by atoms with Crippen molar-refractivity contribution in [2.75, 3.05) is 32.6 Å². The van der Waals surface area contributed by atoms with Gasteiger partial charge < -0.3 is 24.5 Å². The Balaban J connectivity index is 1.54. The molecule has 0 saturated heterocycles. The van der Waals surface area contributed by atoms with Gasteiger partial charge in [-0.05, 0) is 31.2 Å². The Bertz CT molecular complexity index is 904. The van der Waals surface area contributed by atoms with Crippen LogP contribution in [0.4, 0.5) is 5.69 Å². The number of aliphatic imine (C=N–C) groups is 1. The molecule has 0 saturated carbocycles. The third-order valence-electron chi connectivity index (χ3n) is 3.88. The molecule has 0 spiro atoms. The third kappa shape index (κ3) is 4.81. The van der Waals surface area contributed by atoms with Crippen molar-refractivity contribution in [2.45, 2.75) is 13.3 Å². The van der Waals surface area contributed by atoms with Crippen LogP contribution in [-0.2, 0) is 6.42 Å². The van der Waals surface area contributed by atoms with Crippen LogP contribution in [0.3, 0.4) is 0 Å². The average Bonchev–Trinajstić information content (AvgIpc) is 3.40. The van der Waals surface area contributed by atoms with Crippen LogP contribution in [0.5, 0.6) is 11.5 Å². The fourth-order valence-electron chi connectivity index (χ4n) is 2.56. The lowest BCUT2D eigenvalue weighted by Gasteiger charge is -2.14. The molecule has 28 heavy (non-hydrogen) atoms. The number of hydrogen-bond donors (Lipinski definition) is 3. The molecule has 0 aliphatic rings. The number of benzene rings is 1. The molecule has 1 aromatic carbocycles. The molecule has 9 heteroatoms. The average molecular weight is 384 g/mol. The van der Waals surface area contributed by atoms with Crippen LogP contribution in [0.1, 0.15) is 12.7 Å². The highest BCUT2D eigenvalue weighted by molar-refractivity contribution is 5.93. The van der Waals surface area contributed by atoms with Gasteiger partial charge in [-0.2, -0.15) is 5.10 Å². The fourth-order valence-corrected chi connectivity index (χ4v) is 2.56. The highest BCUT2D eigenvalue weighted by atomic mass is 16.5. The van der Waals surface area contributed by atoms with E-state index in [-0.39, 0.29) is 0 Å². The minimum atomic E-state index is 0.545. The molecule has 0 atom stereocenters. The van der Waals surface area contributed by atoms with E-state index in [0.29, 0.717) is 48.6 Å². The molecule has 2 aromatic heterocycles. The minimum Gasteiger partial charge on any atom is -0.493 e. The predicted molar refractivity (Wildman–Crippen MR) is 107 cm³/mol. The highest BCUT2D eigenvalue weighted by Crippen LogP contribution is 2.30. The van der Waals surface area contributed by atoms with E-state index < -0.39 is 0 Å². The number of H-pyrrole nitrogens is 1. The van der Waals surface area contributed by atoms with Crippen molar-refractivity contribution in [3.05, 3.63) is 42.4 Å². The van der Waals surface area contributed by atoms with Gasteiger partial charge in [-0.25, -0.2) is 4.98 Å². The summed E-state index contributed by atoms with van der Waals surface area (Å²) in [6.07, 6.45) is 2.25. The Labute approximate surface area is 163 Å². The van der Waals surface area contributed by atoms with E-state index >= 15 is 0 Å². The largest absolute Gasteiger partial charge is 0.493 e. The van der Waals surface area contributed by atoms with Gasteiger partial charge in [0.1, 0.15) is 5.82 Å². The molecule has 2 heterocycles. The molecular formula is C19H24N6O3. The Kier molecular flexibility index (Phi) is 6.50. The fraction of sp³-hybridized carbons (Fsp3) is 0.316. The second kappa shape index (κ2) is 9.45. The van der Waals surface area contributed by atoms with Crippen molar-refractivity contribution in [3.63, 3.8) is 0 Å². The molecule has 3 rings (SSSR count). The number of hydrogen-bond acceptors (Lipinski definition) is 6. The zero-order valence-corrected chi connectivity index (χ0v) is 16.2. The lowest BCUT2D eigenvalue weighted by Crippen LogP contribution is -2.32. The van der Waals surface area contributed by atoms with Gasteiger partial charge in [0.15, 0.2) is 23.2 Å². The molecule has 148 valence electrons. The first-order valence-corrected chi connectivity index (χ1v) is 8.97. The molecule has 0 radical (unpaired) electrons. The van der Waals surface area contributed by atoms with Crippen LogP contribution < -0.4 is 20.1 Å². The zero-order valence-electron chi connectivity index (χ0n) is 16.2. The second-order valence-electron chi connectivity index (χ2n) is 5.76. The molecule has 3 N–H and O–H groups in total. The molecule has 0 amide bonds. The first kappa shape index (κ1) is 19.3. The number of aromatic amines is 1. The quantitative estimate of drug-likeness (QED) is 0.405. The lowest BCUT2D eigenvalue weighted by molar-refractivity contribution is 0.311. The molecule has 0 unspecified atom stereocenters. The van der Waals surface area contributed by atoms with Gasteiger partial charge in [-0.1, -0.05) is 0 Å². The van der Waals surface area contributed by atoms with Crippen LogP contribution in [0.15, 0.2) is 46.0 Å². The molecule has 0 bridgehead atoms. The molecule has 3 aromatic rings. The van der Waals surface area contributed by atoms with Crippen LogP contribution >= 0.6 is 0 Å². The number of nitrogens with one attached hydrogen (secondary N) is 3. The number of furan rings is 1. The van der Waals surface area contributed by atoms with E-state index in [1.54, 1.807) is 26.5 Å². The van der Waals surface area contributed by atoms with Crippen LogP contribution in [0, 0.1) is 0 Å². The zero-order chi connectivity index (χ0) is 19.8. The second-order valence-corrected chi connectivity index (χ2v) is 5.76. The predicted octanol–water partition coefficient (Wildman–Crippen LogP) is 2.70. The number of guanidine groups is 1. The maximum atomic E-state index is 5.54. The highest BCUT2D eigenvalue weighted by Gasteiger charge is 2.09. The number of aromatic nitrogens is 3. The smallest absolute Gasteiger partial charge is 0.216 e. The number of anilines is 1. The van der Waals surface area contributed by atoms with E-state index in [1.807, 2.05) is 31.2 Å². The minimum absolute atomic E-state index is 0.545. The van der Waals surface area contributed by atoms with E-state index in [1.165, 1.54) is 0 Å². The number of ether oxygens (including phenoxy) is 2. The SMILES string of the molecule is CCOc1ccc(NC(=NC)NCCc2nc(-c3ccco3)n[nH]2)cc1OC. The van der Waals surface area contributed by atoms with Crippen LogP contribution in [-0.4, -0.2) is 48.5 Å². The number of nitrogens with zero attached hydrogens (tertiary/aromatic N) is 3. The molecular weight excluding hydrogens is 360 g/mol. The van der Waals surface area contributed by atoms with Gasteiger partial charge in [-0.15, -0.1) is 0 Å². The van der Waals surface area contributed by atoms with Crippen molar-refractivity contribution < 1.29 is 13.9 Å². The van der Waals surface area contributed by atoms with Gasteiger partial charge in [0, 0.05) is 31.8 Å². The summed E-state index contributed by atoms with van der Waals surface area (Å²) in [6, 6.07) is 9.26. The summed E-state index contributed by atoms with van der Waals surface area (Å²) < 4.78 is 16.2. The van der Waals surface area contributed by atoms with Crippen LogP contribution in [0.25, 0.3) is 11.6 Å². The monoisotopic (exact) mass is 384 g/mol. The summed E-state index contributed by atoms with van der Waals surface area (Å²) in [5, 5.41) is 13.5. The first-order valence-electron chi connectivity index (χ1n) is 8.97. The Morgan fingerprint density at radius 3 is 2.89 bits per heavy atom. The standard InChI is InChI=1S/C19H24N6O3/c1-4-27-14-8-7-13(12-16(14)26-3)22-19(20-2)21-10-9-17-23-18(25-24-17)15-6-5-11-28-15/h5-8,11-12H,4,9-10H2,1-3H3,(H2,20,21,22)(H,23,24,25). The topological polar surface area (TPSA) is 110 Å². The van der Waals surface area contributed by atoms with E-state index in [9.17, 15) is 0 Å². The van der Waals surface area contributed by atoms with E-state index in [0.717, 1.165) is 11.5 Å². The molecule has 0 aliphatic carbocycles. The summed E-state index contributed by atoms with van der Waals surface area (Å²) in [5.41, 5.74) is 0.841. The number of rotatable bonds is 8. The van der Waals surface area contributed by atoms with Crippen molar-refractivity contribution in [1.29, 1.82) is 0 Å². The van der Waals surface area contributed by atoms with Gasteiger partial charge in [0.2, 0.25) is 5.82 Å². The lowest BCUT2D eigenvalue weighted by atomic mass is 10.2. The van der Waals surface area contributed by atoms with Crippen molar-refractivity contribution in [3.8, 4) is 23.1 Å². The van der Waals surface area contributed by atoms with Gasteiger partial charge >= 0.3 is 0 Å². The summed E-state index contributed by atoms with van der Waals surface area (Å²) in [4.78, 5) is 8.65. The van der Waals surface area contributed by atoms with Crippen molar-refractivity contribution in [1.82, 2.24) is 20.5 Å². The molecule has 0 aliphatic heterocycles. The Hall–Kier alpha value is -3.49. The Morgan fingerprint density at radius 1 is 1.29 bits per heavy atom. The van der Waals surface area contributed by atoms with Gasteiger partial charge in [0.05, 0.1) is 20.0 Å². The normalized spacial score (nSPS) is 11.3. The summed E-state index contributed by atoms with van der Waals surface area (Å²) in [5.74, 6) is 3.95. The maximum Gasteiger partial charge on any atom is 0.216 e. The van der Waals surface area contributed by atoms with Gasteiger partial charge in [-0.3, -0.25) is 10.1 Å². The van der Waals surface area contributed by atoms with Crippen molar-refractivity contribution in [2.24, 2.45) is 4.99 Å². The maximum absolute atomic E-state index is 5.54. The van der Waals surface area contributed by atoms with Crippen molar-refractivity contribution >= 4 is 11.6 Å². The van der Waals surface area contributed by atoms with Crippen LogP contribution in [0.2, 0.25) is 0 Å². The first-order chi connectivity index (χ1) is 13.7. The molecule has 9 nitrogen and oxygen atoms in total.